The van der Waals surface area contributed by atoms with Gasteiger partial charge in [0.15, 0.2) is 5.82 Å². The second-order valence-electron chi connectivity index (χ2n) is 3.54. The zero-order valence-electron chi connectivity index (χ0n) is 9.84. The van der Waals surface area contributed by atoms with E-state index in [1.807, 2.05) is 30.3 Å². The van der Waals surface area contributed by atoms with Crippen molar-refractivity contribution < 1.29 is 9.63 Å². The average Bonchev–Trinajstić information content (AvgIpc) is 2.40. The quantitative estimate of drug-likeness (QED) is 0.481. The number of hydrogen-bond donors (Lipinski definition) is 2. The zero-order chi connectivity index (χ0) is 13.5. The molecule has 0 unspecified atom stereocenters. The largest absolute Gasteiger partial charge is 0.297 e. The lowest BCUT2D eigenvalue weighted by atomic mass is 10.2. The molecule has 0 bridgehead atoms. The second kappa shape index (κ2) is 6.67. The Bertz CT molecular complexity index is 551. The Morgan fingerprint density at radius 3 is 2.79 bits per heavy atom. The number of nitrogens with one attached hydrogen (secondary N) is 2. The van der Waals surface area contributed by atoms with Gasteiger partial charge in [0.1, 0.15) is 5.15 Å². The minimum Gasteiger partial charge on any atom is -0.297 e. The topological polar surface area (TPSA) is 76.1 Å². The number of aromatic nitrogens is 2. The Morgan fingerprint density at radius 1 is 1.26 bits per heavy atom. The van der Waals surface area contributed by atoms with Gasteiger partial charge in [-0.15, -0.1) is 0 Å². The molecule has 6 nitrogen and oxygen atoms in total. The van der Waals surface area contributed by atoms with Crippen molar-refractivity contribution in [1.82, 2.24) is 9.97 Å². The predicted octanol–water partition coefficient (Wildman–Crippen LogP) is 2.24. The third kappa shape index (κ3) is 4.20. The number of nitrogens with zero attached hydrogens (tertiary/aromatic N) is 2. The molecule has 0 fully saturated rings. The molecule has 19 heavy (non-hydrogen) atoms. The van der Waals surface area contributed by atoms with Crippen LogP contribution in [0.1, 0.15) is 5.56 Å². The number of rotatable bonds is 6. The number of benzene rings is 1. The van der Waals surface area contributed by atoms with Gasteiger partial charge in [-0.05, 0) is 5.56 Å². The normalized spacial score (nSPS) is 9.95. The van der Waals surface area contributed by atoms with Crippen molar-refractivity contribution in [3.63, 3.8) is 0 Å². The Morgan fingerprint density at radius 2 is 2.05 bits per heavy atom. The molecule has 0 atom stereocenters. The summed E-state index contributed by atoms with van der Waals surface area (Å²) in [6.07, 6.45) is 0.472. The van der Waals surface area contributed by atoms with Gasteiger partial charge >= 0.3 is 0 Å². The van der Waals surface area contributed by atoms with Crippen LogP contribution < -0.4 is 10.8 Å². The summed E-state index contributed by atoms with van der Waals surface area (Å²) < 4.78 is 0. The van der Waals surface area contributed by atoms with E-state index in [2.05, 4.69) is 20.8 Å². The van der Waals surface area contributed by atoms with Gasteiger partial charge in [0.05, 0.1) is 6.61 Å². The van der Waals surface area contributed by atoms with Gasteiger partial charge in [-0.1, -0.05) is 41.9 Å². The molecular formula is C12H11ClN4O2. The van der Waals surface area contributed by atoms with Crippen LogP contribution in [0, 0.1) is 0 Å². The number of anilines is 2. The van der Waals surface area contributed by atoms with E-state index in [0.29, 0.717) is 18.8 Å². The molecule has 0 aliphatic rings. The second-order valence-corrected chi connectivity index (χ2v) is 3.93. The lowest BCUT2D eigenvalue weighted by molar-refractivity contribution is -0.105. The number of amides is 1. The van der Waals surface area contributed by atoms with Crippen LogP contribution in [0.5, 0.6) is 0 Å². The van der Waals surface area contributed by atoms with E-state index in [1.54, 1.807) is 0 Å². The van der Waals surface area contributed by atoms with E-state index < -0.39 is 0 Å². The molecule has 2 rings (SSSR count). The van der Waals surface area contributed by atoms with E-state index in [4.69, 9.17) is 16.4 Å². The molecule has 98 valence electrons. The molecular weight excluding hydrogens is 268 g/mol. The first kappa shape index (κ1) is 13.3. The Kier molecular flexibility index (Phi) is 4.66. The maximum absolute atomic E-state index is 10.3. The van der Waals surface area contributed by atoms with Crippen molar-refractivity contribution in [3.05, 3.63) is 47.1 Å². The zero-order valence-corrected chi connectivity index (χ0v) is 10.6. The molecule has 1 amide bonds. The fourth-order valence-electron chi connectivity index (χ4n) is 1.35. The number of halogens is 1. The first-order valence-corrected chi connectivity index (χ1v) is 5.82. The van der Waals surface area contributed by atoms with Gasteiger partial charge in [0, 0.05) is 6.07 Å². The third-order valence-electron chi connectivity index (χ3n) is 2.14. The smallest absolute Gasteiger partial charge is 0.232 e. The average molecular weight is 279 g/mol. The molecule has 0 aliphatic heterocycles. The summed E-state index contributed by atoms with van der Waals surface area (Å²) in [6, 6.07) is 11.1. The van der Waals surface area contributed by atoms with E-state index >= 15 is 0 Å². The van der Waals surface area contributed by atoms with Crippen LogP contribution in [-0.4, -0.2) is 16.4 Å². The number of carbonyl (C=O) groups is 1. The van der Waals surface area contributed by atoms with Gasteiger partial charge in [-0.25, -0.2) is 10.5 Å². The summed E-state index contributed by atoms with van der Waals surface area (Å²) >= 11 is 5.78. The van der Waals surface area contributed by atoms with Gasteiger partial charge in [-0.2, -0.15) is 4.98 Å². The molecule has 0 saturated heterocycles. The summed E-state index contributed by atoms with van der Waals surface area (Å²) in [6.45, 7) is 0.374. The third-order valence-corrected chi connectivity index (χ3v) is 2.33. The SMILES string of the molecule is O=CNc1nc(Cl)cc(NOCc2ccccc2)n1. The van der Waals surface area contributed by atoms with Crippen LogP contribution in [0.3, 0.4) is 0 Å². The monoisotopic (exact) mass is 278 g/mol. The van der Waals surface area contributed by atoms with E-state index in [0.717, 1.165) is 5.56 Å². The highest BCUT2D eigenvalue weighted by Gasteiger charge is 2.02. The Labute approximate surface area is 114 Å². The van der Waals surface area contributed by atoms with Crippen LogP contribution in [0.4, 0.5) is 11.8 Å². The fraction of sp³-hybridized carbons (Fsp3) is 0.0833. The summed E-state index contributed by atoms with van der Waals surface area (Å²) in [5.41, 5.74) is 3.66. The first-order valence-electron chi connectivity index (χ1n) is 5.44. The van der Waals surface area contributed by atoms with Crippen LogP contribution in [0.15, 0.2) is 36.4 Å². The fourth-order valence-corrected chi connectivity index (χ4v) is 1.54. The predicted molar refractivity (Wildman–Crippen MR) is 71.6 cm³/mol. The van der Waals surface area contributed by atoms with Gasteiger partial charge in [0.2, 0.25) is 12.4 Å². The molecule has 0 radical (unpaired) electrons. The number of carbonyl (C=O) groups excluding carboxylic acids is 1. The molecule has 1 heterocycles. The van der Waals surface area contributed by atoms with Crippen molar-refractivity contribution in [1.29, 1.82) is 0 Å². The maximum Gasteiger partial charge on any atom is 0.232 e. The summed E-state index contributed by atoms with van der Waals surface area (Å²) in [7, 11) is 0. The van der Waals surface area contributed by atoms with E-state index in [9.17, 15) is 4.79 Å². The summed E-state index contributed by atoms with van der Waals surface area (Å²) in [5.74, 6) is 0.466. The molecule has 2 N–H and O–H groups in total. The maximum atomic E-state index is 10.3. The summed E-state index contributed by atoms with van der Waals surface area (Å²) in [5, 5.41) is 2.51. The standard InChI is InChI=1S/C12H11ClN4O2/c13-10-6-11(16-12(15-10)14-8-18)17-19-7-9-4-2-1-3-5-9/h1-6,8H,7H2,(H2,14,15,16,17,18). The molecule has 0 spiro atoms. The van der Waals surface area contributed by atoms with E-state index in [-0.39, 0.29) is 11.1 Å². The minimum atomic E-state index is 0.105. The van der Waals surface area contributed by atoms with Crippen molar-refractivity contribution in [3.8, 4) is 0 Å². The molecule has 1 aromatic heterocycles. The van der Waals surface area contributed by atoms with Crippen molar-refractivity contribution >= 4 is 29.8 Å². The highest BCUT2D eigenvalue weighted by molar-refractivity contribution is 6.29. The van der Waals surface area contributed by atoms with Gasteiger partial charge in [-0.3, -0.25) is 14.9 Å². The van der Waals surface area contributed by atoms with Crippen LogP contribution >= 0.6 is 11.6 Å². The first-order chi connectivity index (χ1) is 9.28. The molecule has 7 heteroatoms. The van der Waals surface area contributed by atoms with Crippen LogP contribution in [0.2, 0.25) is 5.15 Å². The lowest BCUT2D eigenvalue weighted by Gasteiger charge is -2.07. The number of hydrogen-bond acceptors (Lipinski definition) is 5. The highest BCUT2D eigenvalue weighted by atomic mass is 35.5. The molecule has 0 saturated carbocycles. The van der Waals surface area contributed by atoms with Crippen molar-refractivity contribution in [2.24, 2.45) is 0 Å². The lowest BCUT2D eigenvalue weighted by Crippen LogP contribution is -2.06. The molecule has 2 aromatic rings. The Hall–Kier alpha value is -2.18. The van der Waals surface area contributed by atoms with Gasteiger partial charge in [0.25, 0.3) is 0 Å². The van der Waals surface area contributed by atoms with E-state index in [1.165, 1.54) is 6.07 Å². The summed E-state index contributed by atoms with van der Waals surface area (Å²) in [4.78, 5) is 23.4. The molecule has 1 aromatic carbocycles. The Balaban J connectivity index is 1.94. The molecule has 0 aliphatic carbocycles. The van der Waals surface area contributed by atoms with Crippen LogP contribution in [0.25, 0.3) is 0 Å². The highest BCUT2D eigenvalue weighted by Crippen LogP contribution is 2.14. The van der Waals surface area contributed by atoms with Gasteiger partial charge < -0.3 is 0 Å². The van der Waals surface area contributed by atoms with Crippen molar-refractivity contribution in [2.45, 2.75) is 6.61 Å². The minimum absolute atomic E-state index is 0.105. The van der Waals surface area contributed by atoms with Crippen LogP contribution in [-0.2, 0) is 16.2 Å². The van der Waals surface area contributed by atoms with Crippen molar-refractivity contribution in [2.75, 3.05) is 10.8 Å².